The Bertz CT molecular complexity index is 416. The molecule has 2 N–H and O–H groups in total. The summed E-state index contributed by atoms with van der Waals surface area (Å²) in [5.74, 6) is 0.674. The largest absolute Gasteiger partial charge is 0.326 e. The summed E-state index contributed by atoms with van der Waals surface area (Å²) < 4.78 is 0. The fraction of sp³-hybridized carbons (Fsp3) is 0.588. The van der Waals surface area contributed by atoms with Crippen molar-refractivity contribution in [2.75, 3.05) is 18.4 Å². The Hall–Kier alpha value is -1.35. The highest BCUT2D eigenvalue weighted by atomic mass is 16.1. The molecule has 0 unspecified atom stereocenters. The molecule has 0 aromatic heterocycles. The monoisotopic (exact) mass is 276 g/mol. The summed E-state index contributed by atoms with van der Waals surface area (Å²) in [5.41, 5.74) is 2.28. The fourth-order valence-corrected chi connectivity index (χ4v) is 1.87. The van der Waals surface area contributed by atoms with Gasteiger partial charge in [0.15, 0.2) is 0 Å². The Morgan fingerprint density at radius 2 is 1.75 bits per heavy atom. The van der Waals surface area contributed by atoms with Crippen molar-refractivity contribution >= 4 is 11.6 Å². The number of benzene rings is 1. The Balaban J connectivity index is 2.39. The van der Waals surface area contributed by atoms with Crippen LogP contribution < -0.4 is 10.6 Å². The van der Waals surface area contributed by atoms with Crippen molar-refractivity contribution in [3.8, 4) is 0 Å². The van der Waals surface area contributed by atoms with Crippen molar-refractivity contribution < 1.29 is 4.79 Å². The minimum Gasteiger partial charge on any atom is -0.326 e. The SMILES string of the molecule is CC(C)CNCCC(=O)Nc1ccc(C(C)(C)C)cc1. The number of carbonyl (C=O) groups is 1. The molecule has 1 amide bonds. The highest BCUT2D eigenvalue weighted by Gasteiger charge is 2.13. The van der Waals surface area contributed by atoms with Crippen molar-refractivity contribution in [2.45, 2.75) is 46.5 Å². The summed E-state index contributed by atoms with van der Waals surface area (Å²) in [7, 11) is 0. The third-order valence-electron chi connectivity index (χ3n) is 3.12. The molecule has 3 nitrogen and oxygen atoms in total. The zero-order chi connectivity index (χ0) is 15.2. The standard InChI is InChI=1S/C17H28N2O/c1-13(2)12-18-11-10-16(20)19-15-8-6-14(7-9-15)17(3,4)5/h6-9,13,18H,10-12H2,1-5H3,(H,19,20). The zero-order valence-corrected chi connectivity index (χ0v) is 13.4. The summed E-state index contributed by atoms with van der Waals surface area (Å²) in [5, 5.41) is 6.20. The first kappa shape index (κ1) is 16.7. The van der Waals surface area contributed by atoms with Crippen LogP contribution in [0.1, 0.15) is 46.6 Å². The Morgan fingerprint density at radius 1 is 1.15 bits per heavy atom. The average molecular weight is 276 g/mol. The zero-order valence-electron chi connectivity index (χ0n) is 13.4. The second-order valence-corrected chi connectivity index (χ2v) is 6.72. The Kier molecular flexibility index (Phi) is 6.21. The highest BCUT2D eigenvalue weighted by molar-refractivity contribution is 5.90. The Labute approximate surface area is 123 Å². The topological polar surface area (TPSA) is 41.1 Å². The van der Waals surface area contributed by atoms with Crippen LogP contribution in [0, 0.1) is 5.92 Å². The maximum Gasteiger partial charge on any atom is 0.225 e. The lowest BCUT2D eigenvalue weighted by atomic mass is 9.87. The van der Waals surface area contributed by atoms with Crippen LogP contribution in [0.4, 0.5) is 5.69 Å². The maximum atomic E-state index is 11.8. The van der Waals surface area contributed by atoms with Crippen molar-refractivity contribution in [3.63, 3.8) is 0 Å². The van der Waals surface area contributed by atoms with Crippen LogP contribution in [-0.4, -0.2) is 19.0 Å². The third kappa shape index (κ3) is 6.20. The van der Waals surface area contributed by atoms with Gasteiger partial charge in [0.1, 0.15) is 0 Å². The average Bonchev–Trinajstić information content (AvgIpc) is 2.34. The van der Waals surface area contributed by atoms with Crippen molar-refractivity contribution in [2.24, 2.45) is 5.92 Å². The van der Waals surface area contributed by atoms with Crippen LogP contribution in [0.25, 0.3) is 0 Å². The molecule has 112 valence electrons. The molecule has 0 saturated heterocycles. The van der Waals surface area contributed by atoms with E-state index in [0.29, 0.717) is 12.3 Å². The lowest BCUT2D eigenvalue weighted by Gasteiger charge is -2.19. The van der Waals surface area contributed by atoms with Gasteiger partial charge in [-0.05, 0) is 35.6 Å². The lowest BCUT2D eigenvalue weighted by Crippen LogP contribution is -2.25. The van der Waals surface area contributed by atoms with Crippen LogP contribution in [0.15, 0.2) is 24.3 Å². The molecule has 0 radical (unpaired) electrons. The lowest BCUT2D eigenvalue weighted by molar-refractivity contribution is -0.116. The van der Waals surface area contributed by atoms with Gasteiger partial charge in [-0.2, -0.15) is 0 Å². The minimum atomic E-state index is 0.0600. The van der Waals surface area contributed by atoms with E-state index in [1.165, 1.54) is 5.56 Å². The van der Waals surface area contributed by atoms with Gasteiger partial charge < -0.3 is 10.6 Å². The van der Waals surface area contributed by atoms with Gasteiger partial charge in [-0.3, -0.25) is 4.79 Å². The van der Waals surface area contributed by atoms with E-state index in [4.69, 9.17) is 0 Å². The van der Waals surface area contributed by atoms with Crippen LogP contribution in [0.3, 0.4) is 0 Å². The smallest absolute Gasteiger partial charge is 0.225 e. The van der Waals surface area contributed by atoms with E-state index < -0.39 is 0 Å². The van der Waals surface area contributed by atoms with Crippen LogP contribution in [0.5, 0.6) is 0 Å². The van der Waals surface area contributed by atoms with Gasteiger partial charge in [0, 0.05) is 18.7 Å². The van der Waals surface area contributed by atoms with Gasteiger partial charge in [0.05, 0.1) is 0 Å². The van der Waals surface area contributed by atoms with E-state index in [2.05, 4.69) is 57.4 Å². The molecule has 0 saturated carbocycles. The van der Waals surface area contributed by atoms with E-state index in [-0.39, 0.29) is 11.3 Å². The minimum absolute atomic E-state index is 0.0600. The number of nitrogens with one attached hydrogen (secondary N) is 2. The van der Waals surface area contributed by atoms with Gasteiger partial charge in [0.2, 0.25) is 5.91 Å². The second-order valence-electron chi connectivity index (χ2n) is 6.72. The first-order chi connectivity index (χ1) is 9.29. The van der Waals surface area contributed by atoms with Gasteiger partial charge in [0.25, 0.3) is 0 Å². The molecular weight excluding hydrogens is 248 g/mol. The number of hydrogen-bond donors (Lipinski definition) is 2. The predicted molar refractivity (Wildman–Crippen MR) is 86.1 cm³/mol. The quantitative estimate of drug-likeness (QED) is 0.780. The van der Waals surface area contributed by atoms with Crippen LogP contribution in [0.2, 0.25) is 0 Å². The molecule has 20 heavy (non-hydrogen) atoms. The van der Waals surface area contributed by atoms with Gasteiger partial charge in [-0.1, -0.05) is 46.8 Å². The molecular formula is C17H28N2O. The molecule has 1 aromatic rings. The highest BCUT2D eigenvalue weighted by Crippen LogP contribution is 2.23. The molecule has 0 aliphatic heterocycles. The van der Waals surface area contributed by atoms with E-state index in [0.717, 1.165) is 18.8 Å². The number of carbonyl (C=O) groups excluding carboxylic acids is 1. The van der Waals surface area contributed by atoms with Crippen LogP contribution in [-0.2, 0) is 10.2 Å². The summed E-state index contributed by atoms with van der Waals surface area (Å²) in [6, 6.07) is 8.10. The normalized spacial score (nSPS) is 11.7. The Morgan fingerprint density at radius 3 is 2.25 bits per heavy atom. The molecule has 0 aliphatic carbocycles. The number of hydrogen-bond acceptors (Lipinski definition) is 2. The molecule has 1 rings (SSSR count). The van der Waals surface area contributed by atoms with Crippen molar-refractivity contribution in [1.29, 1.82) is 0 Å². The molecule has 0 bridgehead atoms. The summed E-state index contributed by atoms with van der Waals surface area (Å²) in [6.07, 6.45) is 0.508. The van der Waals surface area contributed by atoms with Gasteiger partial charge >= 0.3 is 0 Å². The van der Waals surface area contributed by atoms with Gasteiger partial charge in [-0.15, -0.1) is 0 Å². The summed E-state index contributed by atoms with van der Waals surface area (Å²) >= 11 is 0. The van der Waals surface area contributed by atoms with Crippen LogP contribution >= 0.6 is 0 Å². The summed E-state index contributed by atoms with van der Waals surface area (Å²) in [4.78, 5) is 11.8. The van der Waals surface area contributed by atoms with E-state index in [9.17, 15) is 4.79 Å². The maximum absolute atomic E-state index is 11.8. The predicted octanol–water partition coefficient (Wildman–Crippen LogP) is 3.56. The molecule has 0 spiro atoms. The first-order valence-corrected chi connectivity index (χ1v) is 7.40. The van der Waals surface area contributed by atoms with E-state index in [1.807, 2.05) is 12.1 Å². The summed E-state index contributed by atoms with van der Waals surface area (Å²) in [6.45, 7) is 12.5. The number of amides is 1. The fourth-order valence-electron chi connectivity index (χ4n) is 1.87. The third-order valence-corrected chi connectivity index (χ3v) is 3.12. The molecule has 1 aromatic carbocycles. The van der Waals surface area contributed by atoms with Crippen molar-refractivity contribution in [1.82, 2.24) is 5.32 Å². The van der Waals surface area contributed by atoms with Gasteiger partial charge in [-0.25, -0.2) is 0 Å². The molecule has 0 atom stereocenters. The van der Waals surface area contributed by atoms with E-state index in [1.54, 1.807) is 0 Å². The first-order valence-electron chi connectivity index (χ1n) is 7.40. The molecule has 3 heteroatoms. The number of anilines is 1. The van der Waals surface area contributed by atoms with Crippen molar-refractivity contribution in [3.05, 3.63) is 29.8 Å². The molecule has 0 heterocycles. The second kappa shape index (κ2) is 7.44. The van der Waals surface area contributed by atoms with E-state index >= 15 is 0 Å². The molecule has 0 fully saturated rings. The molecule has 0 aliphatic rings. The number of rotatable bonds is 6.